The van der Waals surface area contributed by atoms with Crippen LogP contribution in [-0.4, -0.2) is 52.9 Å². The largest absolute Gasteiger partial charge is 0.361 e. The van der Waals surface area contributed by atoms with Crippen molar-refractivity contribution in [2.24, 2.45) is 5.41 Å². The SMILES string of the molecule is CC(=O)N1CC[C@@](Cc2cc(-c3ccccc3)no2)(C(=O)N2CCCC2)C1. The molecule has 2 aliphatic heterocycles. The molecule has 0 bridgehead atoms. The van der Waals surface area contributed by atoms with Crippen LogP contribution in [0.1, 0.15) is 31.9 Å². The number of carbonyl (C=O) groups excluding carboxylic acids is 2. The Morgan fingerprint density at radius 3 is 2.52 bits per heavy atom. The van der Waals surface area contributed by atoms with Gasteiger partial charge in [-0.25, -0.2) is 0 Å². The maximum atomic E-state index is 13.3. The molecule has 142 valence electrons. The summed E-state index contributed by atoms with van der Waals surface area (Å²) in [6.45, 7) is 4.27. The van der Waals surface area contributed by atoms with Crippen molar-refractivity contribution in [3.8, 4) is 11.3 Å². The van der Waals surface area contributed by atoms with Crippen LogP contribution in [0.25, 0.3) is 11.3 Å². The van der Waals surface area contributed by atoms with Crippen molar-refractivity contribution in [1.29, 1.82) is 0 Å². The van der Waals surface area contributed by atoms with Crippen molar-refractivity contribution in [2.75, 3.05) is 26.2 Å². The molecule has 6 heteroatoms. The highest BCUT2D eigenvalue weighted by Crippen LogP contribution is 2.38. The first kappa shape index (κ1) is 17.8. The molecule has 0 saturated carbocycles. The highest BCUT2D eigenvalue weighted by Gasteiger charge is 2.48. The van der Waals surface area contributed by atoms with Gasteiger partial charge < -0.3 is 14.3 Å². The summed E-state index contributed by atoms with van der Waals surface area (Å²) in [5.74, 6) is 0.877. The van der Waals surface area contributed by atoms with Gasteiger partial charge >= 0.3 is 0 Å². The van der Waals surface area contributed by atoms with E-state index in [1.807, 2.05) is 41.3 Å². The van der Waals surface area contributed by atoms with E-state index in [1.54, 1.807) is 11.8 Å². The number of hydrogen-bond acceptors (Lipinski definition) is 4. The first-order valence-electron chi connectivity index (χ1n) is 9.63. The molecule has 0 spiro atoms. The van der Waals surface area contributed by atoms with Gasteiger partial charge in [0.05, 0.1) is 5.41 Å². The van der Waals surface area contributed by atoms with Crippen molar-refractivity contribution in [2.45, 2.75) is 32.6 Å². The number of rotatable bonds is 4. The number of nitrogens with zero attached hydrogens (tertiary/aromatic N) is 3. The van der Waals surface area contributed by atoms with E-state index in [2.05, 4.69) is 5.16 Å². The Labute approximate surface area is 159 Å². The number of hydrogen-bond donors (Lipinski definition) is 0. The second-order valence-corrected chi connectivity index (χ2v) is 7.69. The van der Waals surface area contributed by atoms with E-state index in [-0.39, 0.29) is 11.8 Å². The van der Waals surface area contributed by atoms with Crippen molar-refractivity contribution >= 4 is 11.8 Å². The van der Waals surface area contributed by atoms with Gasteiger partial charge in [-0.15, -0.1) is 0 Å². The Kier molecular flexibility index (Phi) is 4.72. The average molecular weight is 367 g/mol. The van der Waals surface area contributed by atoms with Crippen molar-refractivity contribution in [3.63, 3.8) is 0 Å². The van der Waals surface area contributed by atoms with E-state index in [4.69, 9.17) is 4.52 Å². The van der Waals surface area contributed by atoms with E-state index < -0.39 is 5.41 Å². The van der Waals surface area contributed by atoms with Crippen LogP contribution in [0.4, 0.5) is 0 Å². The monoisotopic (exact) mass is 367 g/mol. The summed E-state index contributed by atoms with van der Waals surface area (Å²) in [6, 6.07) is 11.8. The van der Waals surface area contributed by atoms with Crippen LogP contribution in [0, 0.1) is 5.41 Å². The molecule has 1 atom stereocenters. The van der Waals surface area contributed by atoms with E-state index in [0.717, 1.165) is 37.2 Å². The molecule has 6 nitrogen and oxygen atoms in total. The fraction of sp³-hybridized carbons (Fsp3) is 0.476. The van der Waals surface area contributed by atoms with Gasteiger partial charge in [0, 0.05) is 51.2 Å². The van der Waals surface area contributed by atoms with Gasteiger partial charge in [0.2, 0.25) is 11.8 Å². The van der Waals surface area contributed by atoms with Crippen LogP contribution >= 0.6 is 0 Å². The van der Waals surface area contributed by atoms with Crippen molar-refractivity contribution in [1.82, 2.24) is 15.0 Å². The second-order valence-electron chi connectivity index (χ2n) is 7.69. The van der Waals surface area contributed by atoms with Crippen LogP contribution < -0.4 is 0 Å². The molecule has 1 aromatic carbocycles. The standard InChI is InChI=1S/C21H25N3O3/c1-16(25)24-12-9-21(15-24,20(26)23-10-5-6-11-23)14-18-13-19(22-27-18)17-7-3-2-4-8-17/h2-4,7-8,13H,5-6,9-12,14-15H2,1H3/t21-/m0/s1. The highest BCUT2D eigenvalue weighted by atomic mass is 16.5. The third-order valence-corrected chi connectivity index (χ3v) is 5.79. The lowest BCUT2D eigenvalue weighted by Gasteiger charge is -2.31. The quantitative estimate of drug-likeness (QED) is 0.833. The Morgan fingerprint density at radius 2 is 1.85 bits per heavy atom. The van der Waals surface area contributed by atoms with E-state index >= 15 is 0 Å². The first-order valence-corrected chi connectivity index (χ1v) is 9.63. The smallest absolute Gasteiger partial charge is 0.231 e. The molecule has 1 aromatic heterocycles. The second kappa shape index (κ2) is 7.18. The van der Waals surface area contributed by atoms with Crippen LogP contribution in [-0.2, 0) is 16.0 Å². The van der Waals surface area contributed by atoms with Gasteiger partial charge in [-0.1, -0.05) is 35.5 Å². The minimum atomic E-state index is -0.608. The third-order valence-electron chi connectivity index (χ3n) is 5.79. The number of carbonyl (C=O) groups is 2. The molecule has 2 amide bonds. The number of likely N-dealkylation sites (tertiary alicyclic amines) is 2. The van der Waals surface area contributed by atoms with Gasteiger partial charge in [0.1, 0.15) is 11.5 Å². The number of aromatic nitrogens is 1. The zero-order valence-electron chi connectivity index (χ0n) is 15.7. The Morgan fingerprint density at radius 1 is 1.11 bits per heavy atom. The molecule has 0 aliphatic carbocycles. The zero-order chi connectivity index (χ0) is 18.9. The summed E-state index contributed by atoms with van der Waals surface area (Å²) in [5.41, 5.74) is 1.16. The van der Waals surface area contributed by atoms with Gasteiger partial charge in [-0.2, -0.15) is 0 Å². The maximum Gasteiger partial charge on any atom is 0.231 e. The first-order chi connectivity index (χ1) is 13.1. The fourth-order valence-electron chi connectivity index (χ4n) is 4.27. The summed E-state index contributed by atoms with van der Waals surface area (Å²) in [4.78, 5) is 29.0. The maximum absolute atomic E-state index is 13.3. The fourth-order valence-corrected chi connectivity index (χ4v) is 4.27. The van der Waals surface area contributed by atoms with Crippen LogP contribution in [0.15, 0.2) is 40.9 Å². The van der Waals surface area contributed by atoms with E-state index in [0.29, 0.717) is 31.7 Å². The molecule has 2 aromatic rings. The molecule has 27 heavy (non-hydrogen) atoms. The average Bonchev–Trinajstić information content (AvgIpc) is 3.43. The molecule has 2 aliphatic rings. The van der Waals surface area contributed by atoms with Crippen LogP contribution in [0.5, 0.6) is 0 Å². The van der Waals surface area contributed by atoms with Crippen molar-refractivity contribution < 1.29 is 14.1 Å². The lowest BCUT2D eigenvalue weighted by atomic mass is 9.81. The molecular weight excluding hydrogens is 342 g/mol. The highest BCUT2D eigenvalue weighted by molar-refractivity contribution is 5.85. The normalized spacial score (nSPS) is 22.4. The Balaban J connectivity index is 1.59. The molecule has 0 unspecified atom stereocenters. The number of benzene rings is 1. The Bertz CT molecular complexity index is 826. The summed E-state index contributed by atoms with van der Waals surface area (Å²) in [6.07, 6.45) is 3.26. The lowest BCUT2D eigenvalue weighted by Crippen LogP contribution is -2.46. The molecule has 4 rings (SSSR count). The van der Waals surface area contributed by atoms with Gasteiger partial charge in [0.25, 0.3) is 0 Å². The van der Waals surface area contributed by atoms with Crippen LogP contribution in [0.2, 0.25) is 0 Å². The number of amides is 2. The molecule has 0 N–H and O–H groups in total. The van der Waals surface area contributed by atoms with Gasteiger partial charge in [-0.3, -0.25) is 9.59 Å². The minimum absolute atomic E-state index is 0.0219. The van der Waals surface area contributed by atoms with E-state index in [9.17, 15) is 9.59 Å². The van der Waals surface area contributed by atoms with Crippen molar-refractivity contribution in [3.05, 3.63) is 42.2 Å². The van der Waals surface area contributed by atoms with Gasteiger partial charge in [-0.05, 0) is 19.3 Å². The molecular formula is C21H25N3O3. The predicted molar refractivity (Wildman–Crippen MR) is 101 cm³/mol. The topological polar surface area (TPSA) is 66.7 Å². The predicted octanol–water partition coefficient (Wildman–Crippen LogP) is 2.75. The lowest BCUT2D eigenvalue weighted by molar-refractivity contribution is -0.141. The summed E-state index contributed by atoms with van der Waals surface area (Å²) < 4.78 is 5.59. The zero-order valence-corrected chi connectivity index (χ0v) is 15.7. The molecule has 3 heterocycles. The summed E-state index contributed by atoms with van der Waals surface area (Å²) in [5, 5.41) is 4.19. The Hall–Kier alpha value is -2.63. The van der Waals surface area contributed by atoms with E-state index in [1.165, 1.54) is 0 Å². The van der Waals surface area contributed by atoms with Crippen LogP contribution in [0.3, 0.4) is 0 Å². The molecule has 0 radical (unpaired) electrons. The summed E-state index contributed by atoms with van der Waals surface area (Å²) >= 11 is 0. The molecule has 2 saturated heterocycles. The van der Waals surface area contributed by atoms with Gasteiger partial charge in [0.15, 0.2) is 0 Å². The minimum Gasteiger partial charge on any atom is -0.361 e. The molecule has 2 fully saturated rings. The summed E-state index contributed by atoms with van der Waals surface area (Å²) in [7, 11) is 0. The third kappa shape index (κ3) is 3.48.